The number of rotatable bonds is 5. The molecule has 0 spiro atoms. The van der Waals surface area contributed by atoms with E-state index in [0.29, 0.717) is 21.7 Å². The van der Waals surface area contributed by atoms with Crippen LogP contribution in [0.1, 0.15) is 15.9 Å². The molecular formula is C23H16ClFN2O2. The number of benzene rings is 3. The number of hydrogen-bond donors (Lipinski definition) is 1. The molecule has 4 aromatic rings. The van der Waals surface area contributed by atoms with E-state index in [1.165, 1.54) is 18.2 Å². The third kappa shape index (κ3) is 3.91. The van der Waals surface area contributed by atoms with Crippen molar-refractivity contribution in [2.75, 3.05) is 5.32 Å². The van der Waals surface area contributed by atoms with Crippen molar-refractivity contribution in [2.45, 2.75) is 6.54 Å². The predicted octanol–water partition coefficient (Wildman–Crippen LogP) is 5.30. The summed E-state index contributed by atoms with van der Waals surface area (Å²) in [5, 5.41) is 4.04. The van der Waals surface area contributed by atoms with Crippen molar-refractivity contribution in [1.29, 1.82) is 0 Å². The first-order chi connectivity index (χ1) is 14.0. The van der Waals surface area contributed by atoms with E-state index >= 15 is 0 Å². The summed E-state index contributed by atoms with van der Waals surface area (Å²) < 4.78 is 15.8. The van der Waals surface area contributed by atoms with Gasteiger partial charge in [-0.2, -0.15) is 0 Å². The number of para-hydroxylation sites is 1. The number of carbonyl (C=O) groups excluding carboxylic acids is 2. The molecule has 0 radical (unpaired) electrons. The second kappa shape index (κ2) is 7.89. The summed E-state index contributed by atoms with van der Waals surface area (Å²) in [6, 6.07) is 19.9. The summed E-state index contributed by atoms with van der Waals surface area (Å²) in [5.41, 5.74) is 1.70. The van der Waals surface area contributed by atoms with Crippen LogP contribution in [0.5, 0.6) is 0 Å². The molecule has 1 heterocycles. The summed E-state index contributed by atoms with van der Waals surface area (Å²) in [6.07, 6.45) is 1.60. The van der Waals surface area contributed by atoms with Gasteiger partial charge in [0.15, 0.2) is 5.78 Å². The first-order valence-corrected chi connectivity index (χ1v) is 9.33. The number of hydrogen-bond acceptors (Lipinski definition) is 2. The monoisotopic (exact) mass is 406 g/mol. The molecule has 1 N–H and O–H groups in total. The van der Waals surface area contributed by atoms with Crippen LogP contribution in [0.25, 0.3) is 10.9 Å². The van der Waals surface area contributed by atoms with E-state index in [2.05, 4.69) is 5.32 Å². The second-order valence-electron chi connectivity index (χ2n) is 6.55. The van der Waals surface area contributed by atoms with E-state index in [4.69, 9.17) is 11.6 Å². The van der Waals surface area contributed by atoms with Crippen LogP contribution < -0.4 is 5.32 Å². The van der Waals surface area contributed by atoms with Gasteiger partial charge in [-0.25, -0.2) is 4.39 Å². The minimum atomic E-state index is -0.574. The fourth-order valence-corrected chi connectivity index (χ4v) is 3.36. The zero-order valence-corrected chi connectivity index (χ0v) is 16.0. The number of carbonyl (C=O) groups is 2. The summed E-state index contributed by atoms with van der Waals surface area (Å²) in [4.78, 5) is 25.4. The van der Waals surface area contributed by atoms with E-state index in [9.17, 15) is 14.0 Å². The lowest BCUT2D eigenvalue weighted by Crippen LogP contribution is -2.18. The third-order valence-corrected chi connectivity index (χ3v) is 4.85. The highest BCUT2D eigenvalue weighted by molar-refractivity contribution is 6.30. The van der Waals surface area contributed by atoms with Crippen LogP contribution in [0.15, 0.2) is 79.0 Å². The highest BCUT2D eigenvalue weighted by Gasteiger charge is 2.20. The summed E-state index contributed by atoms with van der Waals surface area (Å²) in [7, 11) is 0. The summed E-state index contributed by atoms with van der Waals surface area (Å²) >= 11 is 5.86. The number of ketones is 1. The van der Waals surface area contributed by atoms with E-state index in [0.717, 1.165) is 5.52 Å². The Balaban J connectivity index is 1.65. The Morgan fingerprint density at radius 1 is 0.897 bits per heavy atom. The van der Waals surface area contributed by atoms with Crippen LogP contribution in [0.3, 0.4) is 0 Å². The molecule has 4 nitrogen and oxygen atoms in total. The molecule has 0 aliphatic heterocycles. The zero-order chi connectivity index (χ0) is 20.4. The molecule has 0 bridgehead atoms. The lowest BCUT2D eigenvalue weighted by molar-refractivity contribution is -0.116. The minimum Gasteiger partial charge on any atom is -0.337 e. The highest BCUT2D eigenvalue weighted by Crippen LogP contribution is 2.25. The van der Waals surface area contributed by atoms with Gasteiger partial charge in [-0.15, -0.1) is 0 Å². The topological polar surface area (TPSA) is 51.1 Å². The number of anilines is 1. The smallest absolute Gasteiger partial charge is 0.244 e. The molecule has 3 aromatic carbocycles. The number of fused-ring (bicyclic) bond motifs is 1. The molecule has 0 fully saturated rings. The Hall–Kier alpha value is -3.44. The number of amides is 1. The van der Waals surface area contributed by atoms with Crippen molar-refractivity contribution in [3.8, 4) is 0 Å². The molecule has 0 saturated heterocycles. The van der Waals surface area contributed by atoms with E-state index in [1.54, 1.807) is 53.2 Å². The fourth-order valence-electron chi connectivity index (χ4n) is 3.24. The van der Waals surface area contributed by atoms with E-state index in [1.807, 2.05) is 12.1 Å². The van der Waals surface area contributed by atoms with Crippen molar-refractivity contribution in [1.82, 2.24) is 4.57 Å². The maximum absolute atomic E-state index is 14.1. The van der Waals surface area contributed by atoms with Crippen molar-refractivity contribution in [2.24, 2.45) is 0 Å². The molecule has 6 heteroatoms. The van der Waals surface area contributed by atoms with Gasteiger partial charge in [-0.05, 0) is 42.5 Å². The second-order valence-corrected chi connectivity index (χ2v) is 6.99. The molecule has 144 valence electrons. The van der Waals surface area contributed by atoms with Crippen LogP contribution in [0, 0.1) is 5.82 Å². The Morgan fingerprint density at radius 2 is 1.59 bits per heavy atom. The first-order valence-electron chi connectivity index (χ1n) is 8.95. The first kappa shape index (κ1) is 18.9. The van der Waals surface area contributed by atoms with Gasteiger partial charge in [0.05, 0.1) is 5.56 Å². The van der Waals surface area contributed by atoms with Gasteiger partial charge >= 0.3 is 0 Å². The minimum absolute atomic E-state index is 0.000943. The molecule has 0 saturated carbocycles. The van der Waals surface area contributed by atoms with Gasteiger partial charge in [-0.3, -0.25) is 9.59 Å². The number of halogens is 2. The predicted molar refractivity (Wildman–Crippen MR) is 112 cm³/mol. The molecule has 29 heavy (non-hydrogen) atoms. The molecule has 1 amide bonds. The molecule has 4 rings (SSSR count). The van der Waals surface area contributed by atoms with Gasteiger partial charge in [0.25, 0.3) is 0 Å². The normalized spacial score (nSPS) is 10.8. The van der Waals surface area contributed by atoms with E-state index in [-0.39, 0.29) is 18.0 Å². The van der Waals surface area contributed by atoms with Gasteiger partial charge in [0, 0.05) is 33.4 Å². The molecule has 0 atom stereocenters. The molecule has 1 aromatic heterocycles. The van der Waals surface area contributed by atoms with Crippen LogP contribution in [-0.2, 0) is 11.3 Å². The van der Waals surface area contributed by atoms with Gasteiger partial charge in [0.2, 0.25) is 5.91 Å². The Morgan fingerprint density at radius 3 is 2.34 bits per heavy atom. The molecule has 0 aliphatic carbocycles. The Bertz CT molecular complexity index is 1220. The van der Waals surface area contributed by atoms with Crippen LogP contribution >= 0.6 is 11.6 Å². The van der Waals surface area contributed by atoms with Gasteiger partial charge in [-0.1, -0.05) is 41.9 Å². The summed E-state index contributed by atoms with van der Waals surface area (Å²) in [6.45, 7) is 0.00763. The quantitative estimate of drug-likeness (QED) is 0.457. The van der Waals surface area contributed by atoms with Crippen LogP contribution in [-0.4, -0.2) is 16.3 Å². The maximum atomic E-state index is 14.1. The van der Waals surface area contributed by atoms with Gasteiger partial charge in [0.1, 0.15) is 12.4 Å². The van der Waals surface area contributed by atoms with Crippen molar-refractivity contribution in [3.63, 3.8) is 0 Å². The molecular weight excluding hydrogens is 391 g/mol. The van der Waals surface area contributed by atoms with Crippen molar-refractivity contribution >= 4 is 39.9 Å². The SMILES string of the molecule is O=C(Cn1cc(C(=O)c2ccccc2F)c2ccccc21)Nc1ccc(Cl)cc1. The largest absolute Gasteiger partial charge is 0.337 e. The molecule has 0 unspecified atom stereocenters. The van der Waals surface area contributed by atoms with E-state index < -0.39 is 11.6 Å². The fraction of sp³-hybridized carbons (Fsp3) is 0.0435. The van der Waals surface area contributed by atoms with Gasteiger partial charge < -0.3 is 9.88 Å². The molecule has 0 aliphatic rings. The van der Waals surface area contributed by atoms with Crippen molar-refractivity contribution < 1.29 is 14.0 Å². The zero-order valence-electron chi connectivity index (χ0n) is 15.2. The maximum Gasteiger partial charge on any atom is 0.244 e. The Labute approximate surface area is 171 Å². The lowest BCUT2D eigenvalue weighted by Gasteiger charge is -2.07. The summed E-state index contributed by atoms with van der Waals surface area (Å²) in [5.74, 6) is -1.25. The lowest BCUT2D eigenvalue weighted by atomic mass is 10.0. The third-order valence-electron chi connectivity index (χ3n) is 4.59. The standard InChI is InChI=1S/C23H16ClFN2O2/c24-15-9-11-16(12-10-15)26-22(28)14-27-13-19(17-5-2-4-8-21(17)27)23(29)18-6-1-3-7-20(18)25/h1-13H,14H2,(H,26,28). The number of nitrogens with one attached hydrogen (secondary N) is 1. The van der Waals surface area contributed by atoms with Crippen LogP contribution in [0.2, 0.25) is 5.02 Å². The number of aromatic nitrogens is 1. The average molecular weight is 407 g/mol. The Kier molecular flexibility index (Phi) is 5.14. The average Bonchev–Trinajstić information content (AvgIpc) is 3.08. The van der Waals surface area contributed by atoms with Crippen molar-refractivity contribution in [3.05, 3.63) is 101 Å². The van der Waals surface area contributed by atoms with Crippen LogP contribution in [0.4, 0.5) is 10.1 Å². The highest BCUT2D eigenvalue weighted by atomic mass is 35.5. The number of nitrogens with zero attached hydrogens (tertiary/aromatic N) is 1.